The Bertz CT molecular complexity index is 478. The van der Waals surface area contributed by atoms with Crippen molar-refractivity contribution >= 4 is 0 Å². The van der Waals surface area contributed by atoms with Gasteiger partial charge in [-0.2, -0.15) is 0 Å². The molecular weight excluding hydrogens is 276 g/mol. The molecule has 0 bridgehead atoms. The highest BCUT2D eigenvalue weighted by Gasteiger charge is 2.28. The summed E-state index contributed by atoms with van der Waals surface area (Å²) in [5.74, 6) is 2.30. The predicted octanol–water partition coefficient (Wildman–Crippen LogP) is 2.56. The third-order valence-corrected chi connectivity index (χ3v) is 4.88. The molecule has 0 aliphatic carbocycles. The van der Waals surface area contributed by atoms with Crippen LogP contribution in [0.15, 0.2) is 18.2 Å². The van der Waals surface area contributed by atoms with Crippen LogP contribution in [0.3, 0.4) is 0 Å². The van der Waals surface area contributed by atoms with E-state index < -0.39 is 0 Å². The Morgan fingerprint density at radius 3 is 2.59 bits per heavy atom. The molecule has 1 saturated heterocycles. The molecule has 1 aromatic carbocycles. The van der Waals surface area contributed by atoms with Gasteiger partial charge in [-0.25, -0.2) is 0 Å². The maximum absolute atomic E-state index is 5.37. The van der Waals surface area contributed by atoms with E-state index in [0.29, 0.717) is 18.0 Å². The zero-order valence-corrected chi connectivity index (χ0v) is 14.6. The van der Waals surface area contributed by atoms with E-state index in [2.05, 4.69) is 43.2 Å². The van der Waals surface area contributed by atoms with Gasteiger partial charge in [0.05, 0.1) is 14.2 Å². The monoisotopic (exact) mass is 306 g/mol. The molecule has 0 unspecified atom stereocenters. The fourth-order valence-electron chi connectivity index (χ4n) is 3.26. The van der Waals surface area contributed by atoms with Crippen LogP contribution in [0.25, 0.3) is 0 Å². The average Bonchev–Trinajstić information content (AvgIpc) is 2.52. The van der Waals surface area contributed by atoms with Crippen LogP contribution in [0, 0.1) is 5.92 Å². The van der Waals surface area contributed by atoms with Gasteiger partial charge < -0.3 is 19.7 Å². The van der Waals surface area contributed by atoms with E-state index in [0.717, 1.165) is 24.5 Å². The summed E-state index contributed by atoms with van der Waals surface area (Å²) in [5.41, 5.74) is 1.28. The third kappa shape index (κ3) is 4.14. The fraction of sp³-hybridized carbons (Fsp3) is 0.667. The molecule has 1 fully saturated rings. The second-order valence-corrected chi connectivity index (χ2v) is 6.50. The van der Waals surface area contributed by atoms with Gasteiger partial charge in [0.15, 0.2) is 11.5 Å². The summed E-state index contributed by atoms with van der Waals surface area (Å²) in [4.78, 5) is 2.46. The second kappa shape index (κ2) is 7.84. The molecule has 1 aliphatic rings. The average molecular weight is 306 g/mol. The molecule has 1 aliphatic heterocycles. The summed E-state index contributed by atoms with van der Waals surface area (Å²) in [6, 6.07) is 7.44. The van der Waals surface area contributed by atoms with E-state index in [9.17, 15) is 0 Å². The van der Waals surface area contributed by atoms with E-state index in [1.165, 1.54) is 18.5 Å². The van der Waals surface area contributed by atoms with Crippen LogP contribution in [-0.2, 0) is 6.42 Å². The van der Waals surface area contributed by atoms with Gasteiger partial charge in [-0.05, 0) is 57.0 Å². The predicted molar refractivity (Wildman–Crippen MR) is 90.9 cm³/mol. The van der Waals surface area contributed by atoms with Gasteiger partial charge >= 0.3 is 0 Å². The van der Waals surface area contributed by atoms with E-state index >= 15 is 0 Å². The van der Waals surface area contributed by atoms with Crippen LogP contribution in [0.4, 0.5) is 0 Å². The van der Waals surface area contributed by atoms with Crippen molar-refractivity contribution in [2.45, 2.75) is 38.8 Å². The van der Waals surface area contributed by atoms with Crippen molar-refractivity contribution in [3.8, 4) is 11.5 Å². The normalized spacial score (nSPS) is 26.0. The van der Waals surface area contributed by atoms with Crippen molar-refractivity contribution in [3.05, 3.63) is 23.8 Å². The highest BCUT2D eigenvalue weighted by Crippen LogP contribution is 2.27. The summed E-state index contributed by atoms with van der Waals surface area (Å²) in [6.45, 7) is 6.83. The zero-order valence-electron chi connectivity index (χ0n) is 14.6. The number of ether oxygens (including phenoxy) is 2. The highest BCUT2D eigenvalue weighted by atomic mass is 16.5. The molecular formula is C18H30N2O2. The van der Waals surface area contributed by atoms with E-state index in [4.69, 9.17) is 9.47 Å². The molecule has 3 atom stereocenters. The van der Waals surface area contributed by atoms with Crippen molar-refractivity contribution in [2.24, 2.45) is 5.92 Å². The van der Waals surface area contributed by atoms with Gasteiger partial charge in [-0.3, -0.25) is 0 Å². The zero-order chi connectivity index (χ0) is 16.1. The summed E-state index contributed by atoms with van der Waals surface area (Å²) >= 11 is 0. The number of likely N-dealkylation sites (tertiary alicyclic amines) is 1. The number of piperidine rings is 1. The van der Waals surface area contributed by atoms with E-state index in [1.807, 2.05) is 6.07 Å². The lowest BCUT2D eigenvalue weighted by Crippen LogP contribution is -2.51. The lowest BCUT2D eigenvalue weighted by atomic mass is 9.90. The molecule has 2 rings (SSSR count). The van der Waals surface area contributed by atoms with Gasteiger partial charge in [0.25, 0.3) is 0 Å². The first-order valence-electron chi connectivity index (χ1n) is 8.19. The Morgan fingerprint density at radius 2 is 1.91 bits per heavy atom. The number of hydrogen-bond donors (Lipinski definition) is 1. The minimum atomic E-state index is 0.617. The number of methoxy groups -OCH3 is 2. The largest absolute Gasteiger partial charge is 0.493 e. The third-order valence-electron chi connectivity index (χ3n) is 4.88. The quantitative estimate of drug-likeness (QED) is 0.876. The molecule has 124 valence electrons. The smallest absolute Gasteiger partial charge is 0.160 e. The highest BCUT2D eigenvalue weighted by molar-refractivity contribution is 5.42. The Kier molecular flexibility index (Phi) is 6.09. The van der Waals surface area contributed by atoms with Gasteiger partial charge in [0.1, 0.15) is 0 Å². The molecule has 0 aromatic heterocycles. The standard InChI is InChI=1S/C18H30N2O2/c1-13-12-20(3)14(2)10-16(13)19-9-8-15-6-7-17(21-4)18(11-15)22-5/h6-7,11,13-14,16,19H,8-10,12H2,1-5H3/t13-,14+,16-/m1/s1. The van der Waals surface area contributed by atoms with Gasteiger partial charge in [0.2, 0.25) is 0 Å². The molecule has 1 N–H and O–H groups in total. The molecule has 4 nitrogen and oxygen atoms in total. The minimum absolute atomic E-state index is 0.617. The van der Waals surface area contributed by atoms with Crippen LogP contribution in [0.5, 0.6) is 11.5 Å². The molecule has 22 heavy (non-hydrogen) atoms. The van der Waals surface area contributed by atoms with Crippen molar-refractivity contribution in [1.29, 1.82) is 0 Å². The lowest BCUT2D eigenvalue weighted by Gasteiger charge is -2.40. The second-order valence-electron chi connectivity index (χ2n) is 6.50. The Morgan fingerprint density at radius 1 is 1.18 bits per heavy atom. The topological polar surface area (TPSA) is 33.7 Å². The summed E-state index contributed by atoms with van der Waals surface area (Å²) in [7, 11) is 5.57. The minimum Gasteiger partial charge on any atom is -0.493 e. The molecule has 1 heterocycles. The SMILES string of the molecule is COc1ccc(CCN[C@@H]2C[C@H](C)N(C)C[C@H]2C)cc1OC. The maximum Gasteiger partial charge on any atom is 0.160 e. The van der Waals surface area contributed by atoms with Gasteiger partial charge in [-0.15, -0.1) is 0 Å². The van der Waals surface area contributed by atoms with Crippen LogP contribution in [-0.4, -0.2) is 51.3 Å². The van der Waals surface area contributed by atoms with Crippen LogP contribution in [0.2, 0.25) is 0 Å². The first kappa shape index (κ1) is 17.1. The molecule has 0 spiro atoms. The number of benzene rings is 1. The number of hydrogen-bond acceptors (Lipinski definition) is 4. The number of rotatable bonds is 6. The van der Waals surface area contributed by atoms with Gasteiger partial charge in [0, 0.05) is 18.6 Å². The van der Waals surface area contributed by atoms with Crippen LogP contribution >= 0.6 is 0 Å². The Hall–Kier alpha value is -1.26. The van der Waals surface area contributed by atoms with Crippen LogP contribution < -0.4 is 14.8 Å². The summed E-state index contributed by atoms with van der Waals surface area (Å²) in [5, 5.41) is 3.74. The first-order chi connectivity index (χ1) is 10.5. The lowest BCUT2D eigenvalue weighted by molar-refractivity contribution is 0.122. The number of nitrogens with one attached hydrogen (secondary N) is 1. The molecule has 0 amide bonds. The molecule has 4 heteroatoms. The number of nitrogens with zero attached hydrogens (tertiary/aromatic N) is 1. The molecule has 0 saturated carbocycles. The van der Waals surface area contributed by atoms with Crippen molar-refractivity contribution in [3.63, 3.8) is 0 Å². The van der Waals surface area contributed by atoms with E-state index in [-0.39, 0.29) is 0 Å². The molecule has 1 aromatic rings. The van der Waals surface area contributed by atoms with E-state index in [1.54, 1.807) is 14.2 Å². The maximum atomic E-state index is 5.37. The Balaban J connectivity index is 1.86. The van der Waals surface area contributed by atoms with Crippen molar-refractivity contribution < 1.29 is 9.47 Å². The first-order valence-corrected chi connectivity index (χ1v) is 8.19. The van der Waals surface area contributed by atoms with Crippen molar-refractivity contribution in [1.82, 2.24) is 10.2 Å². The summed E-state index contributed by atoms with van der Waals surface area (Å²) < 4.78 is 10.6. The Labute approximate surface area is 134 Å². The van der Waals surface area contributed by atoms with Gasteiger partial charge in [-0.1, -0.05) is 13.0 Å². The fourth-order valence-corrected chi connectivity index (χ4v) is 3.26. The van der Waals surface area contributed by atoms with Crippen LogP contribution in [0.1, 0.15) is 25.8 Å². The van der Waals surface area contributed by atoms with Crippen molar-refractivity contribution in [2.75, 3.05) is 34.4 Å². The molecule has 0 radical (unpaired) electrons. The summed E-state index contributed by atoms with van der Waals surface area (Å²) in [6.07, 6.45) is 2.23.